The van der Waals surface area contributed by atoms with Gasteiger partial charge in [0, 0.05) is 24.2 Å². The van der Waals surface area contributed by atoms with Gasteiger partial charge in [0.05, 0.1) is 24.7 Å². The molecule has 0 amide bonds. The highest BCUT2D eigenvalue weighted by Crippen LogP contribution is 2.71. The predicted octanol–water partition coefficient (Wildman–Crippen LogP) is 2.00. The Morgan fingerprint density at radius 1 is 1.30 bits per heavy atom. The highest BCUT2D eigenvalue weighted by Gasteiger charge is 2.75. The number of ether oxygens (including phenoxy) is 3. The van der Waals surface area contributed by atoms with Gasteiger partial charge in [0.2, 0.25) is 0 Å². The van der Waals surface area contributed by atoms with Gasteiger partial charge in [-0.05, 0) is 23.3 Å². The van der Waals surface area contributed by atoms with Gasteiger partial charge in [0.1, 0.15) is 18.1 Å². The molecule has 0 spiro atoms. The summed E-state index contributed by atoms with van der Waals surface area (Å²) in [4.78, 5) is 24.2. The number of hydrogen-bond donors (Lipinski definition) is 0. The summed E-state index contributed by atoms with van der Waals surface area (Å²) in [7, 11) is 1.63. The van der Waals surface area contributed by atoms with Crippen molar-refractivity contribution in [2.75, 3.05) is 7.11 Å². The molecule has 0 radical (unpaired) electrons. The Morgan fingerprint density at radius 2 is 2.13 bits per heavy atom. The van der Waals surface area contributed by atoms with E-state index >= 15 is 0 Å². The Balaban J connectivity index is 1.78. The fraction of sp³-hybridized carbons (Fsp3) is 0.556. The summed E-state index contributed by atoms with van der Waals surface area (Å²) >= 11 is 0. The van der Waals surface area contributed by atoms with Crippen molar-refractivity contribution in [3.63, 3.8) is 0 Å². The number of rotatable bonds is 3. The molecule has 3 unspecified atom stereocenters. The van der Waals surface area contributed by atoms with Gasteiger partial charge in [-0.1, -0.05) is 13.0 Å². The van der Waals surface area contributed by atoms with Crippen molar-refractivity contribution >= 4 is 12.3 Å². The van der Waals surface area contributed by atoms with Crippen molar-refractivity contribution in [1.82, 2.24) is 0 Å². The van der Waals surface area contributed by atoms with E-state index in [0.29, 0.717) is 0 Å². The second-order valence-corrected chi connectivity index (χ2v) is 7.14. The molecule has 2 aliphatic carbocycles. The number of carbonyl (C=O) groups is 2. The largest absolute Gasteiger partial charge is 0.497 e. The normalized spacial score (nSPS) is 44.9. The van der Waals surface area contributed by atoms with E-state index in [9.17, 15) is 9.59 Å². The van der Waals surface area contributed by atoms with Crippen LogP contribution in [0.1, 0.15) is 36.5 Å². The van der Waals surface area contributed by atoms with Crippen molar-refractivity contribution in [2.45, 2.75) is 37.6 Å². The maximum Gasteiger partial charge on any atom is 0.313 e. The van der Waals surface area contributed by atoms with Crippen LogP contribution < -0.4 is 4.74 Å². The number of methoxy groups -OCH3 is 1. The Hall–Kier alpha value is -1.88. The Labute approximate surface area is 133 Å². The Kier molecular flexibility index (Phi) is 2.44. The number of hydrogen-bond acceptors (Lipinski definition) is 5. The van der Waals surface area contributed by atoms with E-state index in [1.54, 1.807) is 7.11 Å². The number of benzene rings is 1. The molecule has 1 aromatic carbocycles. The van der Waals surface area contributed by atoms with E-state index in [0.717, 1.165) is 23.2 Å². The molecule has 5 heteroatoms. The van der Waals surface area contributed by atoms with Crippen LogP contribution in [-0.2, 0) is 19.1 Å². The quantitative estimate of drug-likeness (QED) is 0.631. The highest BCUT2D eigenvalue weighted by molar-refractivity contribution is 5.85. The summed E-state index contributed by atoms with van der Waals surface area (Å²) in [5.41, 5.74) is 1.40. The molecule has 1 saturated carbocycles. The summed E-state index contributed by atoms with van der Waals surface area (Å²) in [6.45, 7) is 2.03. The van der Waals surface area contributed by atoms with Crippen LogP contribution in [-0.4, -0.2) is 31.6 Å². The summed E-state index contributed by atoms with van der Waals surface area (Å²) in [6, 6.07) is 5.96. The van der Waals surface area contributed by atoms with Crippen LogP contribution in [0.2, 0.25) is 0 Å². The second kappa shape index (κ2) is 4.15. The summed E-state index contributed by atoms with van der Waals surface area (Å²) < 4.78 is 17.4. The lowest BCUT2D eigenvalue weighted by molar-refractivity contribution is -0.213. The third kappa shape index (κ3) is 1.31. The average Bonchev–Trinajstić information content (AvgIpc) is 3.04. The third-order valence-corrected chi connectivity index (χ3v) is 6.58. The van der Waals surface area contributed by atoms with Gasteiger partial charge in [-0.15, -0.1) is 0 Å². The number of carbonyl (C=O) groups excluding carboxylic acids is 2. The van der Waals surface area contributed by atoms with Gasteiger partial charge >= 0.3 is 5.97 Å². The molecule has 120 valence electrons. The molecule has 4 fully saturated rings. The fourth-order valence-electron chi connectivity index (χ4n) is 5.61. The molecule has 0 N–H and O–H groups in total. The molecule has 4 bridgehead atoms. The maximum atomic E-state index is 12.8. The second-order valence-electron chi connectivity index (χ2n) is 7.14. The lowest BCUT2D eigenvalue weighted by atomic mass is 9.52. The maximum absolute atomic E-state index is 12.8. The average molecular weight is 314 g/mol. The van der Waals surface area contributed by atoms with Gasteiger partial charge in [-0.25, -0.2) is 0 Å². The number of aldehydes is 1. The van der Waals surface area contributed by atoms with Gasteiger partial charge in [-0.3, -0.25) is 4.79 Å². The molecular formula is C18H18O5. The molecule has 3 saturated heterocycles. The van der Waals surface area contributed by atoms with Crippen molar-refractivity contribution in [3.05, 3.63) is 29.3 Å². The monoisotopic (exact) mass is 314 g/mol. The van der Waals surface area contributed by atoms with Gasteiger partial charge in [0.25, 0.3) is 0 Å². The Bertz CT molecular complexity index is 728. The van der Waals surface area contributed by atoms with E-state index in [4.69, 9.17) is 14.2 Å². The molecule has 3 heterocycles. The third-order valence-electron chi connectivity index (χ3n) is 6.58. The van der Waals surface area contributed by atoms with Gasteiger partial charge in [0.15, 0.2) is 0 Å². The molecular weight excluding hydrogens is 296 g/mol. The van der Waals surface area contributed by atoms with Crippen LogP contribution in [0, 0.1) is 17.3 Å². The minimum Gasteiger partial charge on any atom is -0.497 e. The first kappa shape index (κ1) is 13.5. The van der Waals surface area contributed by atoms with E-state index in [2.05, 4.69) is 0 Å². The molecule has 5 nitrogen and oxygen atoms in total. The van der Waals surface area contributed by atoms with Crippen LogP contribution >= 0.6 is 0 Å². The van der Waals surface area contributed by atoms with E-state index in [1.807, 2.05) is 25.1 Å². The highest BCUT2D eigenvalue weighted by atomic mass is 16.6. The van der Waals surface area contributed by atoms with E-state index < -0.39 is 5.41 Å². The smallest absolute Gasteiger partial charge is 0.313 e. The van der Waals surface area contributed by atoms with E-state index in [-0.39, 0.29) is 48.5 Å². The lowest BCUT2D eigenvalue weighted by Gasteiger charge is -2.55. The summed E-state index contributed by atoms with van der Waals surface area (Å²) in [5, 5.41) is 0. The predicted molar refractivity (Wildman–Crippen MR) is 79.0 cm³/mol. The van der Waals surface area contributed by atoms with E-state index in [1.165, 1.54) is 0 Å². The number of fused-ring (bicyclic) bond motifs is 3. The SMILES string of the molecule is COc1ccc2c(c1)C1C3[C@H]4OC(=O)[C@]1(CC=O)[C@@H](C)C4O[C@@H]23. The summed E-state index contributed by atoms with van der Waals surface area (Å²) in [5.74, 6) is 0.604. The van der Waals surface area contributed by atoms with Crippen LogP contribution in [0.3, 0.4) is 0 Å². The zero-order valence-electron chi connectivity index (χ0n) is 13.0. The first-order chi connectivity index (χ1) is 11.1. The molecule has 6 rings (SSSR count). The molecule has 23 heavy (non-hydrogen) atoms. The zero-order chi connectivity index (χ0) is 15.9. The molecule has 0 aromatic heterocycles. The molecule has 7 atom stereocenters. The van der Waals surface area contributed by atoms with Crippen molar-refractivity contribution in [2.24, 2.45) is 17.3 Å². The van der Waals surface area contributed by atoms with Crippen LogP contribution in [0.25, 0.3) is 0 Å². The van der Waals surface area contributed by atoms with Crippen LogP contribution in [0.4, 0.5) is 0 Å². The zero-order valence-corrected chi connectivity index (χ0v) is 13.0. The molecule has 1 aromatic rings. The lowest BCUT2D eigenvalue weighted by Crippen LogP contribution is -2.63. The van der Waals surface area contributed by atoms with Crippen molar-refractivity contribution < 1.29 is 23.8 Å². The molecule has 3 aliphatic heterocycles. The number of esters is 1. The standard InChI is InChI=1S/C18H18O5/c1-8-14-16-12-13(18(8,5-6-19)17(20)23-16)11-7-9(21-2)3-4-10(11)15(12)22-14/h3-4,6-8,12-16H,5H2,1-2H3/t8-,12?,13?,14?,15-,16+,18+/m0/s1. The Morgan fingerprint density at radius 3 is 2.87 bits per heavy atom. The summed E-state index contributed by atoms with van der Waals surface area (Å²) in [6.07, 6.45) is 0.703. The van der Waals surface area contributed by atoms with Crippen LogP contribution in [0.15, 0.2) is 18.2 Å². The molecule has 5 aliphatic rings. The fourth-order valence-corrected chi connectivity index (χ4v) is 5.61. The van der Waals surface area contributed by atoms with Gasteiger partial charge in [-0.2, -0.15) is 0 Å². The van der Waals surface area contributed by atoms with Gasteiger partial charge < -0.3 is 19.0 Å². The first-order valence-corrected chi connectivity index (χ1v) is 8.11. The minimum atomic E-state index is -0.807. The first-order valence-electron chi connectivity index (χ1n) is 8.11. The minimum absolute atomic E-state index is 0.0236. The van der Waals surface area contributed by atoms with Crippen LogP contribution in [0.5, 0.6) is 5.75 Å². The van der Waals surface area contributed by atoms with Crippen molar-refractivity contribution in [3.8, 4) is 5.75 Å². The topological polar surface area (TPSA) is 61.8 Å². The van der Waals surface area contributed by atoms with Crippen molar-refractivity contribution in [1.29, 1.82) is 0 Å².